The minimum absolute atomic E-state index is 0.127. The van der Waals surface area contributed by atoms with Crippen LogP contribution in [0.3, 0.4) is 0 Å². The number of hydrogen-bond acceptors (Lipinski definition) is 2. The zero-order valence-corrected chi connectivity index (χ0v) is 12.1. The van der Waals surface area contributed by atoms with Gasteiger partial charge in [-0.1, -0.05) is 0 Å². The summed E-state index contributed by atoms with van der Waals surface area (Å²) in [7, 11) is 2.20. The van der Waals surface area contributed by atoms with Gasteiger partial charge >= 0.3 is 0 Å². The molecule has 2 aliphatic heterocycles. The number of rotatable bonds is 1. The Bertz CT molecular complexity index is 459. The summed E-state index contributed by atoms with van der Waals surface area (Å²) >= 11 is 3.37. The monoisotopic (exact) mass is 311 g/mol. The molecule has 2 fully saturated rings. The number of H-pyrrole nitrogens is 1. The summed E-state index contributed by atoms with van der Waals surface area (Å²) in [5.41, 5.74) is 0.683. The van der Waals surface area contributed by atoms with E-state index in [1.165, 1.54) is 12.8 Å². The fourth-order valence-electron chi connectivity index (χ4n) is 3.15. The van der Waals surface area contributed by atoms with Gasteiger partial charge in [0.1, 0.15) is 5.69 Å². The van der Waals surface area contributed by atoms with E-state index in [1.54, 1.807) is 0 Å². The molecule has 2 atom stereocenters. The second kappa shape index (κ2) is 4.70. The first-order chi connectivity index (χ1) is 8.65. The Morgan fingerprint density at radius 3 is 2.89 bits per heavy atom. The van der Waals surface area contributed by atoms with Crippen LogP contribution < -0.4 is 0 Å². The molecule has 3 heterocycles. The zero-order chi connectivity index (χ0) is 12.7. The molecule has 3 rings (SSSR count). The van der Waals surface area contributed by atoms with Gasteiger partial charge in [-0.15, -0.1) is 0 Å². The molecule has 2 saturated heterocycles. The Morgan fingerprint density at radius 2 is 2.17 bits per heavy atom. The van der Waals surface area contributed by atoms with E-state index in [0.717, 1.165) is 24.0 Å². The maximum atomic E-state index is 12.4. The first kappa shape index (κ1) is 12.2. The topological polar surface area (TPSA) is 39.3 Å². The van der Waals surface area contributed by atoms with Crippen LogP contribution >= 0.6 is 15.9 Å². The molecule has 0 radical (unpaired) electrons. The van der Waals surface area contributed by atoms with Crippen LogP contribution in [0.2, 0.25) is 0 Å². The van der Waals surface area contributed by atoms with Gasteiger partial charge in [-0.25, -0.2) is 0 Å². The molecule has 1 aromatic rings. The van der Waals surface area contributed by atoms with Crippen LogP contribution in [0.15, 0.2) is 16.7 Å². The largest absolute Gasteiger partial charge is 0.356 e. The number of fused-ring (bicyclic) bond motifs is 2. The van der Waals surface area contributed by atoms with E-state index < -0.39 is 0 Å². The number of likely N-dealkylation sites (tertiary alicyclic amines) is 1. The first-order valence-corrected chi connectivity index (χ1v) is 7.29. The molecular formula is C13H18BrN3O. The molecule has 1 N–H and O–H groups in total. The highest BCUT2D eigenvalue weighted by Crippen LogP contribution is 2.29. The quantitative estimate of drug-likeness (QED) is 0.862. The zero-order valence-electron chi connectivity index (χ0n) is 10.5. The number of likely N-dealkylation sites (N-methyl/N-ethyl adjacent to an activating group) is 1. The van der Waals surface area contributed by atoms with Crippen molar-refractivity contribution in [2.24, 2.45) is 0 Å². The summed E-state index contributed by atoms with van der Waals surface area (Å²) in [6.45, 7) is 1.74. The number of nitrogens with zero attached hydrogens (tertiary/aromatic N) is 2. The second-order valence-corrected chi connectivity index (χ2v) is 6.24. The Balaban J connectivity index is 1.75. The maximum absolute atomic E-state index is 12.4. The fourth-order valence-corrected chi connectivity index (χ4v) is 3.50. The second-order valence-electron chi connectivity index (χ2n) is 5.32. The third-order valence-electron chi connectivity index (χ3n) is 4.31. The Morgan fingerprint density at radius 1 is 1.39 bits per heavy atom. The van der Waals surface area contributed by atoms with Crippen molar-refractivity contribution >= 4 is 21.8 Å². The molecule has 18 heavy (non-hydrogen) atoms. The Hall–Kier alpha value is -0.810. The Labute approximate surface area is 115 Å². The molecule has 1 aromatic heterocycles. The van der Waals surface area contributed by atoms with Crippen molar-refractivity contribution in [2.75, 3.05) is 20.1 Å². The number of carbonyl (C=O) groups is 1. The molecule has 0 aliphatic carbocycles. The van der Waals surface area contributed by atoms with Crippen LogP contribution in [0.5, 0.6) is 0 Å². The summed E-state index contributed by atoms with van der Waals surface area (Å²) < 4.78 is 0.930. The average Bonchev–Trinajstić information content (AvgIpc) is 2.84. The highest BCUT2D eigenvalue weighted by Gasteiger charge is 2.36. The predicted octanol–water partition coefficient (Wildman–Crippen LogP) is 2.09. The summed E-state index contributed by atoms with van der Waals surface area (Å²) in [5.74, 6) is 0.127. The SMILES string of the molecule is CN1C2CCC1CN(C(=O)c1cc(Br)c[nH]1)CC2. The lowest BCUT2D eigenvalue weighted by Gasteiger charge is -2.25. The number of nitrogens with one attached hydrogen (secondary N) is 1. The molecule has 1 amide bonds. The average molecular weight is 312 g/mol. The van der Waals surface area contributed by atoms with Crippen molar-refractivity contribution in [1.29, 1.82) is 0 Å². The van der Waals surface area contributed by atoms with Gasteiger partial charge in [0, 0.05) is 35.8 Å². The summed E-state index contributed by atoms with van der Waals surface area (Å²) in [6.07, 6.45) is 5.42. The first-order valence-electron chi connectivity index (χ1n) is 6.50. The van der Waals surface area contributed by atoms with E-state index in [4.69, 9.17) is 0 Å². The molecule has 98 valence electrons. The summed E-state index contributed by atoms with van der Waals surface area (Å²) in [4.78, 5) is 19.9. The van der Waals surface area contributed by atoms with Crippen LogP contribution in [0.1, 0.15) is 29.8 Å². The van der Waals surface area contributed by atoms with Crippen molar-refractivity contribution in [2.45, 2.75) is 31.3 Å². The maximum Gasteiger partial charge on any atom is 0.270 e. The number of amides is 1. The van der Waals surface area contributed by atoms with Crippen molar-refractivity contribution < 1.29 is 4.79 Å². The van der Waals surface area contributed by atoms with Crippen LogP contribution in [-0.2, 0) is 0 Å². The van der Waals surface area contributed by atoms with Crippen molar-refractivity contribution in [1.82, 2.24) is 14.8 Å². The molecule has 2 unspecified atom stereocenters. The third-order valence-corrected chi connectivity index (χ3v) is 4.77. The molecule has 4 nitrogen and oxygen atoms in total. The van der Waals surface area contributed by atoms with E-state index >= 15 is 0 Å². The van der Waals surface area contributed by atoms with Gasteiger partial charge in [0.25, 0.3) is 5.91 Å². The Kier molecular flexibility index (Phi) is 3.20. The van der Waals surface area contributed by atoms with E-state index in [-0.39, 0.29) is 5.91 Å². The minimum atomic E-state index is 0.127. The summed E-state index contributed by atoms with van der Waals surface area (Å²) in [5, 5.41) is 0. The molecule has 2 aliphatic rings. The molecule has 0 saturated carbocycles. The third kappa shape index (κ3) is 2.10. The molecule has 0 spiro atoms. The lowest BCUT2D eigenvalue weighted by atomic mass is 10.1. The van der Waals surface area contributed by atoms with E-state index in [1.807, 2.05) is 17.2 Å². The van der Waals surface area contributed by atoms with E-state index in [2.05, 4.69) is 32.9 Å². The highest BCUT2D eigenvalue weighted by molar-refractivity contribution is 9.10. The lowest BCUT2D eigenvalue weighted by molar-refractivity contribution is 0.0735. The van der Waals surface area contributed by atoms with Crippen LogP contribution in [0.25, 0.3) is 0 Å². The van der Waals surface area contributed by atoms with Gasteiger partial charge in [-0.3, -0.25) is 9.69 Å². The molecular weight excluding hydrogens is 294 g/mol. The van der Waals surface area contributed by atoms with Crippen LogP contribution in [-0.4, -0.2) is 52.9 Å². The number of carbonyl (C=O) groups excluding carboxylic acids is 1. The smallest absolute Gasteiger partial charge is 0.270 e. The minimum Gasteiger partial charge on any atom is -0.356 e. The van der Waals surface area contributed by atoms with Gasteiger partial charge in [0.05, 0.1) is 0 Å². The fraction of sp³-hybridized carbons (Fsp3) is 0.615. The van der Waals surface area contributed by atoms with Crippen LogP contribution in [0.4, 0.5) is 0 Å². The van der Waals surface area contributed by atoms with E-state index in [0.29, 0.717) is 17.8 Å². The molecule has 5 heteroatoms. The molecule has 2 bridgehead atoms. The lowest BCUT2D eigenvalue weighted by Crippen LogP contribution is -2.39. The number of hydrogen-bond donors (Lipinski definition) is 1. The standard InChI is InChI=1S/C13H18BrN3O/c1-16-10-2-3-11(16)8-17(5-4-10)13(18)12-6-9(14)7-15-12/h6-7,10-11,15H,2-5,8H2,1H3. The van der Waals surface area contributed by atoms with Gasteiger partial charge in [-0.05, 0) is 48.3 Å². The van der Waals surface area contributed by atoms with Crippen molar-refractivity contribution in [3.8, 4) is 0 Å². The van der Waals surface area contributed by atoms with Crippen molar-refractivity contribution in [3.63, 3.8) is 0 Å². The van der Waals surface area contributed by atoms with Crippen molar-refractivity contribution in [3.05, 3.63) is 22.4 Å². The predicted molar refractivity (Wildman–Crippen MR) is 73.6 cm³/mol. The van der Waals surface area contributed by atoms with Gasteiger partial charge in [0.15, 0.2) is 0 Å². The summed E-state index contributed by atoms with van der Waals surface area (Å²) in [6, 6.07) is 3.07. The number of aromatic nitrogens is 1. The van der Waals surface area contributed by atoms with Crippen LogP contribution in [0, 0.1) is 0 Å². The highest BCUT2D eigenvalue weighted by atomic mass is 79.9. The normalized spacial score (nSPS) is 28.4. The van der Waals surface area contributed by atoms with E-state index in [9.17, 15) is 4.79 Å². The van der Waals surface area contributed by atoms with Gasteiger partial charge in [0.2, 0.25) is 0 Å². The van der Waals surface area contributed by atoms with Gasteiger partial charge < -0.3 is 9.88 Å². The van der Waals surface area contributed by atoms with Gasteiger partial charge in [-0.2, -0.15) is 0 Å². The molecule has 0 aromatic carbocycles. The number of halogens is 1. The number of aromatic amines is 1.